The van der Waals surface area contributed by atoms with E-state index in [1.165, 1.54) is 0 Å². The summed E-state index contributed by atoms with van der Waals surface area (Å²) in [5.74, 6) is 0.248. The summed E-state index contributed by atoms with van der Waals surface area (Å²) < 4.78 is 5.62. The van der Waals surface area contributed by atoms with E-state index < -0.39 is 0 Å². The SMILES string of the molecule is C[C@H]1CN(C2CCN(C(=O)CCc3ccc(C#N)cc3)CC2)CCO1. The molecule has 0 saturated carbocycles. The van der Waals surface area contributed by atoms with Crippen molar-refractivity contribution in [2.75, 3.05) is 32.8 Å². The Balaban J connectivity index is 1.42. The van der Waals surface area contributed by atoms with Gasteiger partial charge in [-0.2, -0.15) is 5.26 Å². The van der Waals surface area contributed by atoms with Crippen LogP contribution in [0.2, 0.25) is 0 Å². The van der Waals surface area contributed by atoms with Crippen molar-refractivity contribution in [3.05, 3.63) is 35.4 Å². The van der Waals surface area contributed by atoms with E-state index in [1.54, 1.807) is 0 Å². The van der Waals surface area contributed by atoms with Crippen LogP contribution in [0.15, 0.2) is 24.3 Å². The van der Waals surface area contributed by atoms with Crippen molar-refractivity contribution < 1.29 is 9.53 Å². The predicted octanol–water partition coefficient (Wildman–Crippen LogP) is 2.20. The fourth-order valence-electron chi connectivity index (χ4n) is 3.81. The van der Waals surface area contributed by atoms with Gasteiger partial charge in [0.25, 0.3) is 0 Å². The number of rotatable bonds is 4. The molecular formula is C20H27N3O2. The first-order valence-corrected chi connectivity index (χ1v) is 9.28. The van der Waals surface area contributed by atoms with Crippen LogP contribution in [0.5, 0.6) is 0 Å². The van der Waals surface area contributed by atoms with Gasteiger partial charge in [-0.15, -0.1) is 0 Å². The molecule has 25 heavy (non-hydrogen) atoms. The van der Waals surface area contributed by atoms with Crippen molar-refractivity contribution in [2.24, 2.45) is 0 Å². The lowest BCUT2D eigenvalue weighted by Crippen LogP contribution is -2.51. The van der Waals surface area contributed by atoms with Gasteiger partial charge in [0, 0.05) is 38.6 Å². The lowest BCUT2D eigenvalue weighted by atomic mass is 10.0. The summed E-state index contributed by atoms with van der Waals surface area (Å²) in [5, 5.41) is 8.83. The van der Waals surface area contributed by atoms with Crippen molar-refractivity contribution in [3.8, 4) is 6.07 Å². The third-order valence-electron chi connectivity index (χ3n) is 5.32. The molecule has 1 amide bonds. The number of aryl methyl sites for hydroxylation is 1. The Morgan fingerprint density at radius 3 is 2.60 bits per heavy atom. The van der Waals surface area contributed by atoms with E-state index in [0.29, 0.717) is 24.1 Å². The van der Waals surface area contributed by atoms with E-state index in [2.05, 4.69) is 17.9 Å². The van der Waals surface area contributed by atoms with Gasteiger partial charge in [-0.25, -0.2) is 0 Å². The number of morpholine rings is 1. The molecule has 2 aliphatic rings. The minimum Gasteiger partial charge on any atom is -0.376 e. The summed E-state index contributed by atoms with van der Waals surface area (Å²) in [6.45, 7) is 6.71. The second-order valence-electron chi connectivity index (χ2n) is 7.10. The van der Waals surface area contributed by atoms with Crippen LogP contribution in [0.25, 0.3) is 0 Å². The highest BCUT2D eigenvalue weighted by molar-refractivity contribution is 5.76. The highest BCUT2D eigenvalue weighted by Gasteiger charge is 2.29. The lowest BCUT2D eigenvalue weighted by Gasteiger charge is -2.41. The number of nitriles is 1. The Labute approximate surface area is 150 Å². The molecule has 2 saturated heterocycles. The largest absolute Gasteiger partial charge is 0.376 e. The number of hydrogen-bond acceptors (Lipinski definition) is 4. The molecule has 0 spiro atoms. The summed E-state index contributed by atoms with van der Waals surface area (Å²) in [6.07, 6.45) is 3.74. The number of benzene rings is 1. The number of nitrogens with zero attached hydrogens (tertiary/aromatic N) is 3. The predicted molar refractivity (Wildman–Crippen MR) is 96.1 cm³/mol. The molecule has 5 heteroatoms. The number of likely N-dealkylation sites (tertiary alicyclic amines) is 1. The van der Waals surface area contributed by atoms with E-state index in [1.807, 2.05) is 29.2 Å². The van der Waals surface area contributed by atoms with Crippen LogP contribution in [0.4, 0.5) is 0 Å². The van der Waals surface area contributed by atoms with E-state index in [9.17, 15) is 4.79 Å². The van der Waals surface area contributed by atoms with Crippen molar-refractivity contribution in [1.29, 1.82) is 5.26 Å². The molecule has 0 unspecified atom stereocenters. The van der Waals surface area contributed by atoms with Crippen LogP contribution < -0.4 is 0 Å². The first kappa shape index (κ1) is 17.9. The van der Waals surface area contributed by atoms with Gasteiger partial charge in [-0.05, 0) is 43.9 Å². The first-order valence-electron chi connectivity index (χ1n) is 9.28. The van der Waals surface area contributed by atoms with Gasteiger partial charge in [0.2, 0.25) is 5.91 Å². The van der Waals surface area contributed by atoms with Gasteiger partial charge in [0.05, 0.1) is 24.3 Å². The molecular weight excluding hydrogens is 314 g/mol. The number of ether oxygens (including phenoxy) is 1. The molecule has 0 bridgehead atoms. The standard InChI is InChI=1S/C20H27N3O2/c1-16-15-23(12-13-25-16)19-8-10-22(11-9-19)20(24)7-6-17-2-4-18(14-21)5-3-17/h2-5,16,19H,6-13,15H2,1H3/t16-/m0/s1. The molecule has 2 fully saturated rings. The molecule has 134 valence electrons. The van der Waals surface area contributed by atoms with Gasteiger partial charge < -0.3 is 9.64 Å². The zero-order valence-electron chi connectivity index (χ0n) is 15.0. The highest BCUT2D eigenvalue weighted by atomic mass is 16.5. The Bertz CT molecular complexity index is 615. The van der Waals surface area contributed by atoms with Crippen LogP contribution >= 0.6 is 0 Å². The molecule has 0 aromatic heterocycles. The zero-order valence-corrected chi connectivity index (χ0v) is 15.0. The van der Waals surface area contributed by atoms with Gasteiger partial charge in [-0.3, -0.25) is 9.69 Å². The van der Waals surface area contributed by atoms with Crippen molar-refractivity contribution >= 4 is 5.91 Å². The molecule has 1 aromatic rings. The maximum atomic E-state index is 12.5. The Morgan fingerprint density at radius 1 is 1.24 bits per heavy atom. The van der Waals surface area contributed by atoms with E-state index >= 15 is 0 Å². The quantitative estimate of drug-likeness (QED) is 0.842. The minimum atomic E-state index is 0.248. The topological polar surface area (TPSA) is 56.6 Å². The average Bonchev–Trinajstić information content (AvgIpc) is 2.66. The molecule has 1 atom stereocenters. The number of piperidine rings is 1. The molecule has 3 rings (SSSR count). The van der Waals surface area contributed by atoms with Gasteiger partial charge in [-0.1, -0.05) is 12.1 Å². The summed E-state index contributed by atoms with van der Waals surface area (Å²) >= 11 is 0. The monoisotopic (exact) mass is 341 g/mol. The van der Waals surface area contributed by atoms with Gasteiger partial charge >= 0.3 is 0 Å². The maximum Gasteiger partial charge on any atom is 0.222 e. The van der Waals surface area contributed by atoms with Crippen molar-refractivity contribution in [2.45, 2.75) is 44.8 Å². The van der Waals surface area contributed by atoms with Gasteiger partial charge in [0.1, 0.15) is 0 Å². The Kier molecular flexibility index (Phi) is 6.06. The number of carbonyl (C=O) groups is 1. The van der Waals surface area contributed by atoms with E-state index in [-0.39, 0.29) is 5.91 Å². The molecule has 5 nitrogen and oxygen atoms in total. The van der Waals surface area contributed by atoms with Crippen LogP contribution in [-0.2, 0) is 16.0 Å². The smallest absolute Gasteiger partial charge is 0.222 e. The third-order valence-corrected chi connectivity index (χ3v) is 5.32. The first-order chi connectivity index (χ1) is 12.2. The van der Waals surface area contributed by atoms with Gasteiger partial charge in [0.15, 0.2) is 0 Å². The normalized spacial score (nSPS) is 22.6. The highest BCUT2D eigenvalue weighted by Crippen LogP contribution is 2.20. The fourth-order valence-corrected chi connectivity index (χ4v) is 3.81. The molecule has 0 N–H and O–H groups in total. The van der Waals surface area contributed by atoms with E-state index in [0.717, 1.165) is 57.6 Å². The lowest BCUT2D eigenvalue weighted by molar-refractivity contribution is -0.133. The zero-order chi connectivity index (χ0) is 17.6. The number of amides is 1. The number of hydrogen-bond donors (Lipinski definition) is 0. The molecule has 2 aliphatic heterocycles. The van der Waals surface area contributed by atoms with Crippen molar-refractivity contribution in [3.63, 3.8) is 0 Å². The summed E-state index contributed by atoms with van der Waals surface area (Å²) in [4.78, 5) is 17.0. The fraction of sp³-hybridized carbons (Fsp3) is 0.600. The Morgan fingerprint density at radius 2 is 1.96 bits per heavy atom. The van der Waals surface area contributed by atoms with Crippen molar-refractivity contribution in [1.82, 2.24) is 9.80 Å². The van der Waals surface area contributed by atoms with Crippen LogP contribution in [0.3, 0.4) is 0 Å². The number of carbonyl (C=O) groups excluding carboxylic acids is 1. The van der Waals surface area contributed by atoms with E-state index in [4.69, 9.17) is 10.00 Å². The van der Waals surface area contributed by atoms with Crippen LogP contribution in [0, 0.1) is 11.3 Å². The van der Waals surface area contributed by atoms with Crippen LogP contribution in [0.1, 0.15) is 37.3 Å². The minimum absolute atomic E-state index is 0.248. The third kappa shape index (κ3) is 4.81. The molecule has 0 radical (unpaired) electrons. The summed E-state index contributed by atoms with van der Waals surface area (Å²) in [7, 11) is 0. The average molecular weight is 341 g/mol. The molecule has 2 heterocycles. The summed E-state index contributed by atoms with van der Waals surface area (Å²) in [6, 6.07) is 10.2. The molecule has 0 aliphatic carbocycles. The summed E-state index contributed by atoms with van der Waals surface area (Å²) in [5.41, 5.74) is 1.78. The van der Waals surface area contributed by atoms with Crippen LogP contribution in [-0.4, -0.2) is 60.6 Å². The molecule has 1 aromatic carbocycles. The maximum absolute atomic E-state index is 12.5. The Hall–Kier alpha value is -1.90. The second kappa shape index (κ2) is 8.46. The second-order valence-corrected chi connectivity index (χ2v) is 7.10.